The van der Waals surface area contributed by atoms with Gasteiger partial charge in [-0.05, 0) is 12.2 Å². The Hall–Kier alpha value is 0.230. The molecule has 0 heterocycles. The Morgan fingerprint density at radius 1 is 1.20 bits per heavy atom. The van der Waals surface area contributed by atoms with E-state index in [2.05, 4.69) is 40.4 Å². The van der Waals surface area contributed by atoms with E-state index in [-0.39, 0.29) is 24.8 Å². The lowest BCUT2D eigenvalue weighted by Crippen LogP contribution is -1.87. The second-order valence-corrected chi connectivity index (χ2v) is 2.58. The van der Waals surface area contributed by atoms with Crippen molar-refractivity contribution in [2.75, 3.05) is 0 Å². The van der Waals surface area contributed by atoms with Gasteiger partial charge in [0.05, 0.1) is 0 Å². The summed E-state index contributed by atoms with van der Waals surface area (Å²) in [5.74, 6) is 0. The van der Waals surface area contributed by atoms with Gasteiger partial charge >= 0.3 is 0 Å². The largest absolute Gasteiger partial charge is 0.147 e. The van der Waals surface area contributed by atoms with Gasteiger partial charge in [-0.3, -0.25) is 0 Å². The third-order valence-corrected chi connectivity index (χ3v) is 1.40. The van der Waals surface area contributed by atoms with Crippen LogP contribution in [0.25, 0.3) is 0 Å². The number of hydrogen-bond donors (Lipinski definition) is 0. The molecule has 0 aliphatic carbocycles. The van der Waals surface area contributed by atoms with E-state index in [9.17, 15) is 0 Å². The van der Waals surface area contributed by atoms with Gasteiger partial charge in [-0.2, -0.15) is 0 Å². The first-order chi connectivity index (χ1) is 3.79. The second-order valence-electron chi connectivity index (χ2n) is 1.91. The minimum atomic E-state index is 0. The van der Waals surface area contributed by atoms with Gasteiger partial charge in [0.1, 0.15) is 0 Å². The average Bonchev–Trinajstić information content (AvgIpc) is 1.64. The summed E-state index contributed by atoms with van der Waals surface area (Å²) in [7, 11) is 2.66. The van der Waals surface area contributed by atoms with Crippen molar-refractivity contribution in [1.82, 2.24) is 0 Å². The summed E-state index contributed by atoms with van der Waals surface area (Å²) in [4.78, 5) is 0. The van der Waals surface area contributed by atoms with E-state index < -0.39 is 0 Å². The minimum absolute atomic E-state index is 0. The Labute approximate surface area is 76.4 Å². The van der Waals surface area contributed by atoms with Crippen LogP contribution in [0.3, 0.4) is 0 Å². The summed E-state index contributed by atoms with van der Waals surface area (Å²) >= 11 is 0. The first kappa shape index (κ1) is 12.9. The molecule has 0 aromatic heterocycles. The number of halogens is 2. The summed E-state index contributed by atoms with van der Waals surface area (Å²) in [5, 5.41) is 1.25. The van der Waals surface area contributed by atoms with Gasteiger partial charge < -0.3 is 0 Å². The van der Waals surface area contributed by atoms with Crippen molar-refractivity contribution in [3.8, 4) is 0 Å². The molecule has 0 aliphatic heterocycles. The Bertz CT molecular complexity index is 171. The van der Waals surface area contributed by atoms with Crippen molar-refractivity contribution in [2.24, 2.45) is 0 Å². The maximum absolute atomic E-state index is 2.66. The maximum atomic E-state index is 2.66. The van der Waals surface area contributed by atoms with Crippen molar-refractivity contribution in [2.45, 2.75) is 6.92 Å². The molecule has 1 aromatic carbocycles. The first-order valence-corrected chi connectivity index (χ1v) is 3.19. The lowest BCUT2D eigenvalue weighted by molar-refractivity contribution is 1.50. The fraction of sp³-hybridized carbons (Fsp3) is 0.143. The molecule has 10 heavy (non-hydrogen) atoms. The molecule has 0 radical (unpaired) electrons. The highest BCUT2D eigenvalue weighted by Gasteiger charge is 1.80. The number of aryl methyl sites for hydroxylation is 1. The van der Waals surface area contributed by atoms with Gasteiger partial charge in [0.2, 0.25) is 0 Å². The summed E-state index contributed by atoms with van der Waals surface area (Å²) in [5.41, 5.74) is 1.32. The molecular weight excluding hydrogens is 186 g/mol. The van der Waals surface area contributed by atoms with Crippen LogP contribution >= 0.6 is 34.1 Å². The highest BCUT2D eigenvalue weighted by atomic mass is 35.5. The highest BCUT2D eigenvalue weighted by Crippen LogP contribution is 1.95. The van der Waals surface area contributed by atoms with E-state index in [1.807, 2.05) is 0 Å². The Morgan fingerprint density at radius 2 is 1.80 bits per heavy atom. The van der Waals surface area contributed by atoms with E-state index >= 15 is 0 Å². The van der Waals surface area contributed by atoms with Crippen LogP contribution in [0.1, 0.15) is 5.56 Å². The molecule has 0 fully saturated rings. The van der Waals surface area contributed by atoms with Crippen molar-refractivity contribution in [1.29, 1.82) is 0 Å². The monoisotopic (exact) mass is 196 g/mol. The molecule has 0 aliphatic rings. The third kappa shape index (κ3) is 4.11. The molecule has 3 heteroatoms. The van der Waals surface area contributed by atoms with Crippen molar-refractivity contribution < 1.29 is 0 Å². The van der Waals surface area contributed by atoms with Crippen LogP contribution in [0.4, 0.5) is 0 Å². The second kappa shape index (κ2) is 5.97. The smallest absolute Gasteiger partial charge is 0.0300 e. The number of rotatable bonds is 0. The van der Waals surface area contributed by atoms with Crippen molar-refractivity contribution in [3.05, 3.63) is 29.8 Å². The average molecular weight is 197 g/mol. The summed E-state index contributed by atoms with van der Waals surface area (Å²) in [6, 6.07) is 8.34. The molecule has 0 N–H and O–H groups in total. The Morgan fingerprint density at radius 3 is 2.10 bits per heavy atom. The van der Waals surface area contributed by atoms with Crippen LogP contribution in [-0.4, -0.2) is 0 Å². The lowest BCUT2D eigenvalue weighted by Gasteiger charge is -1.90. The van der Waals surface area contributed by atoms with Gasteiger partial charge in [0.15, 0.2) is 0 Å². The molecule has 0 spiro atoms. The van der Waals surface area contributed by atoms with Crippen LogP contribution in [-0.2, 0) is 0 Å². The van der Waals surface area contributed by atoms with Crippen LogP contribution < -0.4 is 5.30 Å². The lowest BCUT2D eigenvalue weighted by atomic mass is 10.2. The van der Waals surface area contributed by atoms with Gasteiger partial charge in [0.25, 0.3) is 0 Å². The van der Waals surface area contributed by atoms with Crippen molar-refractivity contribution in [3.63, 3.8) is 0 Å². The van der Waals surface area contributed by atoms with Gasteiger partial charge in [-0.15, -0.1) is 34.1 Å². The summed E-state index contributed by atoms with van der Waals surface area (Å²) < 4.78 is 0. The molecule has 1 unspecified atom stereocenters. The molecule has 1 aromatic rings. The van der Waals surface area contributed by atoms with Crippen LogP contribution in [0.5, 0.6) is 0 Å². The van der Waals surface area contributed by atoms with Crippen molar-refractivity contribution >= 4 is 39.4 Å². The molecule has 0 nitrogen and oxygen atoms in total. The van der Waals surface area contributed by atoms with E-state index in [4.69, 9.17) is 0 Å². The Balaban J connectivity index is 0. The fourth-order valence-corrected chi connectivity index (χ4v) is 1.04. The van der Waals surface area contributed by atoms with Crippen LogP contribution in [0.15, 0.2) is 24.3 Å². The quantitative estimate of drug-likeness (QED) is 0.560. The standard InChI is InChI=1S/C7H9P.2ClH/c1-6-3-2-4-7(8)5-6;;/h2-5H,8H2,1H3;2*1H. The topological polar surface area (TPSA) is 0 Å². The predicted molar refractivity (Wildman–Crippen MR) is 55.0 cm³/mol. The third-order valence-electron chi connectivity index (χ3n) is 1.04. The number of benzene rings is 1. The molecule has 0 amide bonds. The Kier molecular flexibility index (Phi) is 7.69. The van der Waals surface area contributed by atoms with E-state index in [1.165, 1.54) is 10.9 Å². The molecule has 0 bridgehead atoms. The normalized spacial score (nSPS) is 7.40. The number of hydrogen-bond acceptors (Lipinski definition) is 0. The SMILES string of the molecule is Cc1cccc(P)c1.Cl.Cl. The maximum Gasteiger partial charge on any atom is -0.0300 e. The summed E-state index contributed by atoms with van der Waals surface area (Å²) in [6.07, 6.45) is 0. The molecular formula is C7H11Cl2P. The molecule has 0 saturated carbocycles. The first-order valence-electron chi connectivity index (χ1n) is 2.61. The van der Waals surface area contributed by atoms with E-state index in [1.54, 1.807) is 0 Å². The van der Waals surface area contributed by atoms with Gasteiger partial charge in [0, 0.05) is 0 Å². The predicted octanol–water partition coefficient (Wildman–Crippen LogP) is 2.34. The molecule has 1 atom stereocenters. The van der Waals surface area contributed by atoms with E-state index in [0.29, 0.717) is 0 Å². The zero-order chi connectivity index (χ0) is 5.98. The minimum Gasteiger partial charge on any atom is -0.147 e. The fourth-order valence-electron chi connectivity index (χ4n) is 0.670. The molecule has 0 saturated heterocycles. The van der Waals surface area contributed by atoms with Gasteiger partial charge in [-0.25, -0.2) is 0 Å². The zero-order valence-corrected chi connectivity index (χ0v) is 8.49. The molecule has 58 valence electrons. The zero-order valence-electron chi connectivity index (χ0n) is 5.70. The summed E-state index contributed by atoms with van der Waals surface area (Å²) in [6.45, 7) is 2.09. The molecule has 1 rings (SSSR count). The van der Waals surface area contributed by atoms with Gasteiger partial charge in [-0.1, -0.05) is 29.8 Å². The van der Waals surface area contributed by atoms with Crippen LogP contribution in [0, 0.1) is 6.92 Å². The van der Waals surface area contributed by atoms with E-state index in [0.717, 1.165) is 0 Å². The highest BCUT2D eigenvalue weighted by molar-refractivity contribution is 7.27. The van der Waals surface area contributed by atoms with Crippen LogP contribution in [0.2, 0.25) is 0 Å².